The first-order valence-electron chi connectivity index (χ1n) is 31.2. The van der Waals surface area contributed by atoms with Crippen LogP contribution in [0, 0.1) is 0 Å². The Bertz CT molecular complexity index is 2310. The van der Waals surface area contributed by atoms with Gasteiger partial charge in [-0.2, -0.15) is 0 Å². The molecule has 0 saturated carbocycles. The average molecular weight is 1460 g/mol. The molecule has 1 aliphatic rings. The van der Waals surface area contributed by atoms with Gasteiger partial charge >= 0.3 is 0 Å². The molecule has 2 aromatic rings. The highest BCUT2D eigenvalue weighted by molar-refractivity contribution is 9.54. The molecule has 0 aromatic heterocycles. The first-order chi connectivity index (χ1) is 33.5. The Balaban J connectivity index is 3.29. The van der Waals surface area contributed by atoms with Gasteiger partial charge in [-0.25, -0.2) is 0 Å². The molecule has 1 aliphatic heterocycles. The van der Waals surface area contributed by atoms with Gasteiger partial charge in [0, 0.05) is 113 Å². The summed E-state index contributed by atoms with van der Waals surface area (Å²) in [5.74, 6) is 0. The molecule has 0 bridgehead atoms. The molecular weight excluding hydrogens is 1330 g/mol. The minimum atomic E-state index is -2.73. The van der Waals surface area contributed by atoms with Crippen LogP contribution in [0.1, 0.15) is 54.0 Å². The molecule has 18 heteroatoms. The Hall–Kier alpha value is 2.87. The highest BCUT2D eigenvalue weighted by Gasteiger charge is 2.65. The maximum Gasteiger partial charge on any atom is 0.221 e. The van der Waals surface area contributed by atoms with E-state index in [1.807, 2.05) is 43.8 Å². The van der Waals surface area contributed by atoms with Gasteiger partial charge in [0.05, 0.1) is 8.31 Å². The molecular formula is C60H134Br2Si16. The van der Waals surface area contributed by atoms with Crippen molar-refractivity contribution in [1.82, 2.24) is 0 Å². The molecule has 1 heterocycles. The average Bonchev–Trinajstić information content (AvgIpc) is 3.02. The summed E-state index contributed by atoms with van der Waals surface area (Å²) in [4.78, 5) is -2.73. The smallest absolute Gasteiger partial charge is 0.109 e. The minimum Gasteiger partial charge on any atom is -0.109 e. The summed E-state index contributed by atoms with van der Waals surface area (Å²) in [5, 5.41) is 6.76. The van der Waals surface area contributed by atoms with Gasteiger partial charge in [0.25, 0.3) is 0 Å². The normalized spacial score (nSPS) is 19.1. The summed E-state index contributed by atoms with van der Waals surface area (Å²) >= 11 is 10.9. The highest BCUT2D eigenvalue weighted by atomic mass is 79.9. The second kappa shape index (κ2) is 22.4. The first kappa shape index (κ1) is 75.1. The van der Waals surface area contributed by atoms with Crippen LogP contribution in [0.5, 0.6) is 0 Å². The Morgan fingerprint density at radius 2 is 0.615 bits per heavy atom. The molecule has 2 atom stereocenters. The molecule has 2 unspecified atom stereocenters. The van der Waals surface area contributed by atoms with E-state index in [1.165, 1.54) is 5.67 Å². The standard InChI is InChI=1S/C60H134Br2Si16/c1-64(2,3)55(65(4,5)6)49-42-47(59(71(22,23)24,72(25,26)27)73(28,29)30)43-50-53(49)63(46-77(40,41)58(50)70(19,20)21)78(61,62)54-51(56(66(7,8)9)67(10,11)12)44-48(45-52(54)57(68(13,14)15)69(16,17)18)60(74(31,32)33,75(34,35)36)76(37,38)39/h42-45,55-58,63H,46H2,1-41H3. The van der Waals surface area contributed by atoms with E-state index in [0.29, 0.717) is 24.1 Å². The SMILES string of the molecule is C[Si](C)(C)C(c1cc(C([Si](C)(C)C)([Si](C)(C)C)[Si](C)(C)C)cc2c1[SiH]([Si](Br)(Br)c1c(C([Si](C)(C)C)[Si](C)(C)C)cc(C([Si](C)(C)C)([Si](C)(C)C)[Si](C)(C)C)cc1C([Si](C)(C)C)[Si](C)(C)C)C[Si](C)(C)C2[Si](C)(C)C)[Si](C)(C)C. The van der Waals surface area contributed by atoms with E-state index in [0.717, 1.165) is 5.16 Å². The van der Waals surface area contributed by atoms with Crippen LogP contribution < -0.4 is 10.4 Å². The summed E-state index contributed by atoms with van der Waals surface area (Å²) in [6, 6.07) is 12.6. The fourth-order valence-electron chi connectivity index (χ4n) is 22.9. The van der Waals surface area contributed by atoms with Crippen molar-refractivity contribution in [1.29, 1.82) is 0 Å². The van der Waals surface area contributed by atoms with Crippen molar-refractivity contribution in [2.45, 2.75) is 303 Å². The number of benzene rings is 2. The van der Waals surface area contributed by atoms with E-state index < -0.39 is 126 Å². The molecule has 0 aliphatic carbocycles. The van der Waals surface area contributed by atoms with Crippen LogP contribution in [-0.4, -0.2) is 126 Å². The van der Waals surface area contributed by atoms with Gasteiger partial charge in [0.2, 0.25) is 4.83 Å². The zero-order valence-electron chi connectivity index (χ0n) is 60.2. The van der Waals surface area contributed by atoms with Crippen molar-refractivity contribution in [3.8, 4) is 0 Å². The predicted molar refractivity (Wildman–Crippen MR) is 423 cm³/mol. The minimum absolute atomic E-state index is 0.306. The summed E-state index contributed by atoms with van der Waals surface area (Å²) in [7, 11) is -27.6. The Morgan fingerprint density at radius 1 is 0.385 bits per heavy atom. The third kappa shape index (κ3) is 13.8. The van der Waals surface area contributed by atoms with Gasteiger partial charge in [0.1, 0.15) is 0 Å². The van der Waals surface area contributed by atoms with Crippen LogP contribution in [-0.2, 0) is 8.57 Å². The first-order valence-corrected chi connectivity index (χ1v) is 90.3. The van der Waals surface area contributed by atoms with Crippen LogP contribution in [0.15, 0.2) is 24.3 Å². The summed E-state index contributed by atoms with van der Waals surface area (Å²) in [5.41, 5.74) is 13.0. The molecule has 0 saturated heterocycles. The fourth-order valence-corrected chi connectivity index (χ4v) is 172. The van der Waals surface area contributed by atoms with Gasteiger partial charge in [-0.05, 0) is 56.7 Å². The molecule has 2 aromatic carbocycles. The van der Waals surface area contributed by atoms with Crippen LogP contribution in [0.2, 0.25) is 274 Å². The quantitative estimate of drug-likeness (QED) is 0.0916. The van der Waals surface area contributed by atoms with Gasteiger partial charge in [-0.15, -0.1) is 30.6 Å². The summed E-state index contributed by atoms with van der Waals surface area (Å²) < 4.78 is 0.636. The number of hydrogen-bond donors (Lipinski definition) is 0. The molecule has 0 amide bonds. The number of fused-ring (bicyclic) bond motifs is 1. The predicted octanol–water partition coefficient (Wildman–Crippen LogP) is 21.4. The number of halogens is 2. The maximum atomic E-state index is 5.46. The third-order valence-corrected chi connectivity index (χ3v) is 127. The Labute approximate surface area is 522 Å². The zero-order valence-corrected chi connectivity index (χ0v) is 79.5. The highest BCUT2D eigenvalue weighted by Crippen LogP contribution is 2.56. The van der Waals surface area contributed by atoms with Gasteiger partial charge in [0.15, 0.2) is 0 Å². The van der Waals surface area contributed by atoms with E-state index in [4.69, 9.17) is 30.6 Å². The van der Waals surface area contributed by atoms with Crippen LogP contribution >= 0.6 is 30.6 Å². The van der Waals surface area contributed by atoms with Gasteiger partial charge in [-0.3, -0.25) is 0 Å². The molecule has 78 heavy (non-hydrogen) atoms. The third-order valence-electron chi connectivity index (χ3n) is 20.0. The van der Waals surface area contributed by atoms with Gasteiger partial charge < -0.3 is 0 Å². The van der Waals surface area contributed by atoms with E-state index >= 15 is 0 Å². The van der Waals surface area contributed by atoms with Crippen molar-refractivity contribution in [3.63, 3.8) is 0 Å². The second-order valence-corrected chi connectivity index (χ2v) is 145. The van der Waals surface area contributed by atoms with Crippen molar-refractivity contribution in [2.24, 2.45) is 0 Å². The van der Waals surface area contributed by atoms with Crippen molar-refractivity contribution >= 4 is 167 Å². The molecule has 3 rings (SSSR count). The lowest BCUT2D eigenvalue weighted by Gasteiger charge is -2.61. The van der Waals surface area contributed by atoms with E-state index in [9.17, 15) is 0 Å². The Morgan fingerprint density at radius 3 is 0.846 bits per heavy atom. The topological polar surface area (TPSA) is 0 Å². The van der Waals surface area contributed by atoms with Crippen molar-refractivity contribution in [2.75, 3.05) is 0 Å². The molecule has 452 valence electrons. The van der Waals surface area contributed by atoms with Crippen molar-refractivity contribution < 1.29 is 0 Å². The lowest BCUT2D eigenvalue weighted by Crippen LogP contribution is -2.75. The van der Waals surface area contributed by atoms with Gasteiger partial charge in [-0.1, -0.05) is 315 Å². The molecule has 0 nitrogen and oxygen atoms in total. The molecule has 0 fully saturated rings. The maximum absolute atomic E-state index is 5.46. The van der Waals surface area contributed by atoms with Crippen molar-refractivity contribution in [3.05, 3.63) is 57.6 Å². The molecule has 0 spiro atoms. The number of hydrogen-bond acceptors (Lipinski definition) is 0. The van der Waals surface area contributed by atoms with Crippen LogP contribution in [0.4, 0.5) is 0 Å². The monoisotopic (exact) mass is 1460 g/mol. The molecule has 0 radical (unpaired) electrons. The summed E-state index contributed by atoms with van der Waals surface area (Å²) in [6.45, 7) is 116. The zero-order chi connectivity index (χ0) is 62.5. The van der Waals surface area contributed by atoms with Crippen LogP contribution in [0.25, 0.3) is 0 Å². The van der Waals surface area contributed by atoms with E-state index in [-0.39, 0.29) is 0 Å². The van der Waals surface area contributed by atoms with E-state index in [1.54, 1.807) is 0 Å². The second-order valence-electron chi connectivity index (χ2n) is 40.8. The largest absolute Gasteiger partial charge is 0.221 e. The number of rotatable bonds is 20. The molecule has 0 N–H and O–H groups in total. The lowest BCUT2D eigenvalue weighted by atomic mass is 10.1. The summed E-state index contributed by atoms with van der Waals surface area (Å²) in [6.07, 6.45) is 0. The van der Waals surface area contributed by atoms with Crippen LogP contribution in [0.3, 0.4) is 0 Å². The Kier molecular flexibility index (Phi) is 21.6. The fraction of sp³-hybridized carbons (Fsp3) is 0.800. The van der Waals surface area contributed by atoms with E-state index in [2.05, 4.69) is 293 Å². The lowest BCUT2D eigenvalue weighted by molar-refractivity contribution is 0.992.